The summed E-state index contributed by atoms with van der Waals surface area (Å²) in [7, 11) is 1.42. The molecule has 7 heteroatoms. The highest BCUT2D eigenvalue weighted by Gasteiger charge is 2.16. The molecule has 1 atom stereocenters. The zero-order valence-corrected chi connectivity index (χ0v) is 10.4. The average molecular weight is 270 g/mol. The van der Waals surface area contributed by atoms with E-state index in [0.29, 0.717) is 0 Å². The topological polar surface area (TPSA) is 102 Å². The molecule has 0 spiro atoms. The second-order valence-electron chi connectivity index (χ2n) is 3.84. The number of carboxylic acids is 1. The van der Waals surface area contributed by atoms with E-state index in [1.54, 1.807) is 0 Å². The van der Waals surface area contributed by atoms with Crippen LogP contribution in [0.25, 0.3) is 0 Å². The van der Waals surface area contributed by atoms with E-state index < -0.39 is 23.8 Å². The highest BCUT2D eigenvalue weighted by atomic mass is 19.1. The lowest BCUT2D eigenvalue weighted by Crippen LogP contribution is -2.28. The van der Waals surface area contributed by atoms with Gasteiger partial charge in [0.25, 0.3) is 0 Å². The summed E-state index contributed by atoms with van der Waals surface area (Å²) in [6.45, 7) is 0.166. The quantitative estimate of drug-likeness (QED) is 0.710. The largest absolute Gasteiger partial charge is 0.478 e. The van der Waals surface area contributed by atoms with Gasteiger partial charge in [-0.2, -0.15) is 0 Å². The SMILES string of the molecule is COC(CN)CC(=O)Nc1ccc(F)cc1C(=O)O. The Bertz CT molecular complexity index is 475. The lowest BCUT2D eigenvalue weighted by atomic mass is 10.1. The van der Waals surface area contributed by atoms with Crippen LogP contribution in [0.5, 0.6) is 0 Å². The Morgan fingerprint density at radius 1 is 1.53 bits per heavy atom. The minimum atomic E-state index is -1.32. The number of methoxy groups -OCH3 is 1. The third kappa shape index (κ3) is 4.31. The van der Waals surface area contributed by atoms with Crippen LogP contribution in [0.4, 0.5) is 10.1 Å². The third-order valence-electron chi connectivity index (χ3n) is 2.50. The van der Waals surface area contributed by atoms with Crippen molar-refractivity contribution in [3.05, 3.63) is 29.6 Å². The number of amides is 1. The van der Waals surface area contributed by atoms with Crippen LogP contribution < -0.4 is 11.1 Å². The number of carbonyl (C=O) groups is 2. The first-order valence-electron chi connectivity index (χ1n) is 5.53. The van der Waals surface area contributed by atoms with Gasteiger partial charge in [0.1, 0.15) is 5.82 Å². The standard InChI is InChI=1S/C12H15FN2O4/c1-19-8(6-14)5-11(16)15-10-3-2-7(13)4-9(10)12(17)18/h2-4,8H,5-6,14H2,1H3,(H,15,16)(H,17,18). The van der Waals surface area contributed by atoms with E-state index in [1.165, 1.54) is 13.2 Å². The van der Waals surface area contributed by atoms with Crippen LogP contribution in [0.1, 0.15) is 16.8 Å². The number of hydrogen-bond acceptors (Lipinski definition) is 4. The van der Waals surface area contributed by atoms with Crippen LogP contribution in [0.3, 0.4) is 0 Å². The maximum absolute atomic E-state index is 13.0. The van der Waals surface area contributed by atoms with Crippen molar-refractivity contribution in [2.45, 2.75) is 12.5 Å². The van der Waals surface area contributed by atoms with Gasteiger partial charge in [-0.25, -0.2) is 9.18 Å². The second-order valence-corrected chi connectivity index (χ2v) is 3.84. The van der Waals surface area contributed by atoms with Gasteiger partial charge in [0.2, 0.25) is 5.91 Å². The number of carboxylic acid groups (broad SMARTS) is 1. The molecule has 0 saturated heterocycles. The summed E-state index contributed by atoms with van der Waals surface area (Å²) in [5.41, 5.74) is 5.10. The van der Waals surface area contributed by atoms with Crippen molar-refractivity contribution in [1.29, 1.82) is 0 Å². The molecule has 1 aromatic carbocycles. The first kappa shape index (κ1) is 15.1. The van der Waals surface area contributed by atoms with Gasteiger partial charge in [-0.1, -0.05) is 0 Å². The van der Waals surface area contributed by atoms with Crippen molar-refractivity contribution >= 4 is 17.6 Å². The van der Waals surface area contributed by atoms with Crippen LogP contribution in [0.2, 0.25) is 0 Å². The summed E-state index contributed by atoms with van der Waals surface area (Å²) in [5.74, 6) is -2.46. The van der Waals surface area contributed by atoms with E-state index in [9.17, 15) is 14.0 Å². The molecule has 1 unspecified atom stereocenters. The molecule has 4 N–H and O–H groups in total. The van der Waals surface area contributed by atoms with Crippen molar-refractivity contribution in [1.82, 2.24) is 0 Å². The van der Waals surface area contributed by atoms with E-state index in [4.69, 9.17) is 15.6 Å². The number of ether oxygens (including phenoxy) is 1. The Labute approximate surface area is 109 Å². The number of carbonyl (C=O) groups excluding carboxylic acids is 1. The molecule has 19 heavy (non-hydrogen) atoms. The first-order chi connectivity index (χ1) is 8.97. The molecular weight excluding hydrogens is 255 g/mol. The number of benzene rings is 1. The molecule has 104 valence electrons. The molecule has 0 fully saturated rings. The Hall–Kier alpha value is -1.99. The lowest BCUT2D eigenvalue weighted by Gasteiger charge is -2.13. The van der Waals surface area contributed by atoms with Gasteiger partial charge < -0.3 is 20.9 Å². The molecule has 0 bridgehead atoms. The number of nitrogens with two attached hydrogens (primary N) is 1. The van der Waals surface area contributed by atoms with E-state index in [1.807, 2.05) is 0 Å². The molecule has 1 aromatic rings. The Balaban J connectivity index is 2.82. The van der Waals surface area contributed by atoms with E-state index in [0.717, 1.165) is 12.1 Å². The number of anilines is 1. The lowest BCUT2D eigenvalue weighted by molar-refractivity contribution is -0.118. The monoisotopic (exact) mass is 270 g/mol. The van der Waals surface area contributed by atoms with Crippen LogP contribution in [0, 0.1) is 5.82 Å². The molecule has 0 aromatic heterocycles. The number of nitrogens with one attached hydrogen (secondary N) is 1. The molecule has 0 radical (unpaired) electrons. The minimum Gasteiger partial charge on any atom is -0.478 e. The molecule has 1 rings (SSSR count). The van der Waals surface area contributed by atoms with Crippen molar-refractivity contribution in [3.63, 3.8) is 0 Å². The number of rotatable bonds is 6. The van der Waals surface area contributed by atoms with E-state index >= 15 is 0 Å². The maximum atomic E-state index is 13.0. The van der Waals surface area contributed by atoms with Crippen molar-refractivity contribution in [2.75, 3.05) is 19.0 Å². The number of hydrogen-bond donors (Lipinski definition) is 3. The van der Waals surface area contributed by atoms with Crippen molar-refractivity contribution in [3.8, 4) is 0 Å². The highest BCUT2D eigenvalue weighted by Crippen LogP contribution is 2.17. The summed E-state index contributed by atoms with van der Waals surface area (Å²) in [6, 6.07) is 3.11. The highest BCUT2D eigenvalue weighted by molar-refractivity contribution is 6.00. The summed E-state index contributed by atoms with van der Waals surface area (Å²) in [4.78, 5) is 22.6. The minimum absolute atomic E-state index is 0.0105. The Morgan fingerprint density at radius 3 is 2.74 bits per heavy atom. The fraction of sp³-hybridized carbons (Fsp3) is 0.333. The Kier molecular flexibility index (Phi) is 5.40. The predicted octanol–water partition coefficient (Wildman–Crippen LogP) is 0.826. The number of aromatic carboxylic acids is 1. The van der Waals surface area contributed by atoms with Gasteiger partial charge in [-0.05, 0) is 18.2 Å². The van der Waals surface area contributed by atoms with Crippen LogP contribution in [0.15, 0.2) is 18.2 Å². The summed E-state index contributed by atoms with van der Waals surface area (Å²) < 4.78 is 17.9. The van der Waals surface area contributed by atoms with Gasteiger partial charge in [-0.3, -0.25) is 4.79 Å². The van der Waals surface area contributed by atoms with Gasteiger partial charge >= 0.3 is 5.97 Å². The zero-order valence-electron chi connectivity index (χ0n) is 10.4. The first-order valence-corrected chi connectivity index (χ1v) is 5.53. The van der Waals surface area contributed by atoms with Crippen LogP contribution in [-0.2, 0) is 9.53 Å². The van der Waals surface area contributed by atoms with E-state index in [-0.39, 0.29) is 24.2 Å². The third-order valence-corrected chi connectivity index (χ3v) is 2.50. The van der Waals surface area contributed by atoms with Gasteiger partial charge in [0.15, 0.2) is 0 Å². The molecule has 0 heterocycles. The van der Waals surface area contributed by atoms with Crippen LogP contribution in [-0.4, -0.2) is 36.7 Å². The van der Waals surface area contributed by atoms with Gasteiger partial charge in [0, 0.05) is 13.7 Å². The van der Waals surface area contributed by atoms with Crippen LogP contribution >= 0.6 is 0 Å². The maximum Gasteiger partial charge on any atom is 0.337 e. The molecule has 0 aliphatic rings. The molecule has 1 amide bonds. The average Bonchev–Trinajstić information content (AvgIpc) is 2.37. The fourth-order valence-electron chi connectivity index (χ4n) is 1.47. The smallest absolute Gasteiger partial charge is 0.337 e. The fourth-order valence-corrected chi connectivity index (χ4v) is 1.47. The normalized spacial score (nSPS) is 11.9. The van der Waals surface area contributed by atoms with Crippen molar-refractivity contribution in [2.24, 2.45) is 5.73 Å². The Morgan fingerprint density at radius 2 is 2.21 bits per heavy atom. The molecular formula is C12H15FN2O4. The second kappa shape index (κ2) is 6.81. The summed E-state index contributed by atoms with van der Waals surface area (Å²) >= 11 is 0. The molecule has 0 aliphatic carbocycles. The summed E-state index contributed by atoms with van der Waals surface area (Å²) in [6.07, 6.45) is -0.461. The predicted molar refractivity (Wildman–Crippen MR) is 66.5 cm³/mol. The molecule has 6 nitrogen and oxygen atoms in total. The summed E-state index contributed by atoms with van der Waals surface area (Å²) in [5, 5.41) is 11.3. The van der Waals surface area contributed by atoms with Gasteiger partial charge in [0.05, 0.1) is 23.8 Å². The van der Waals surface area contributed by atoms with E-state index in [2.05, 4.69) is 5.32 Å². The van der Waals surface area contributed by atoms with Gasteiger partial charge in [-0.15, -0.1) is 0 Å². The molecule has 0 aliphatic heterocycles. The zero-order chi connectivity index (χ0) is 14.4. The molecule has 0 saturated carbocycles. The number of halogens is 1. The van der Waals surface area contributed by atoms with Crippen molar-refractivity contribution < 1.29 is 23.8 Å².